The van der Waals surface area contributed by atoms with E-state index in [0.717, 1.165) is 13.1 Å². The number of hydrogen-bond donors (Lipinski definition) is 1. The molecule has 1 saturated heterocycles. The second-order valence-electron chi connectivity index (χ2n) is 4.68. The topological polar surface area (TPSA) is 75.9 Å². The van der Waals surface area contributed by atoms with E-state index < -0.39 is 12.0 Å². The molecule has 0 aromatic rings. The smallest absolute Gasteiger partial charge is 0.332 e. The van der Waals surface area contributed by atoms with E-state index in [1.807, 2.05) is 0 Å². The summed E-state index contributed by atoms with van der Waals surface area (Å²) in [5.74, 6) is -0.981. The lowest BCUT2D eigenvalue weighted by Gasteiger charge is -2.37. The number of nitrogens with two attached hydrogens (primary N) is 1. The van der Waals surface area contributed by atoms with Crippen molar-refractivity contribution in [2.24, 2.45) is 5.73 Å². The summed E-state index contributed by atoms with van der Waals surface area (Å²) in [6.07, 6.45) is 0. The van der Waals surface area contributed by atoms with Crippen molar-refractivity contribution in [3.05, 3.63) is 0 Å². The van der Waals surface area contributed by atoms with Crippen molar-refractivity contribution in [1.29, 1.82) is 0 Å². The zero-order chi connectivity index (χ0) is 13.7. The average molecular weight is 257 g/mol. The standard InChI is InChI=1S/C12H23N3O3/c1-4-18-12(17)10(13)11(16)15-7-5-14(6-8-15)9(2)3/h9-10H,4-8,13H2,1-3H3. The average Bonchev–Trinajstić information content (AvgIpc) is 2.37. The van der Waals surface area contributed by atoms with Crippen molar-refractivity contribution in [2.45, 2.75) is 32.9 Å². The van der Waals surface area contributed by atoms with Crippen molar-refractivity contribution in [1.82, 2.24) is 9.80 Å². The van der Waals surface area contributed by atoms with Crippen LogP contribution in [0.15, 0.2) is 0 Å². The summed E-state index contributed by atoms with van der Waals surface area (Å²) in [6.45, 7) is 9.05. The molecule has 0 bridgehead atoms. The number of rotatable bonds is 4. The molecule has 1 amide bonds. The largest absolute Gasteiger partial charge is 0.464 e. The fourth-order valence-electron chi connectivity index (χ4n) is 1.99. The molecule has 2 N–H and O–H groups in total. The predicted molar refractivity (Wildman–Crippen MR) is 67.9 cm³/mol. The Bertz CT molecular complexity index is 299. The summed E-state index contributed by atoms with van der Waals surface area (Å²) in [7, 11) is 0. The molecule has 1 aliphatic rings. The van der Waals surface area contributed by atoms with Crippen LogP contribution in [-0.4, -0.2) is 66.5 Å². The fourth-order valence-corrected chi connectivity index (χ4v) is 1.99. The molecule has 1 fully saturated rings. The van der Waals surface area contributed by atoms with Gasteiger partial charge in [-0.2, -0.15) is 0 Å². The molecule has 0 aliphatic carbocycles. The fraction of sp³-hybridized carbons (Fsp3) is 0.833. The van der Waals surface area contributed by atoms with Gasteiger partial charge in [0, 0.05) is 32.2 Å². The highest BCUT2D eigenvalue weighted by molar-refractivity contribution is 6.01. The minimum atomic E-state index is -1.18. The van der Waals surface area contributed by atoms with E-state index in [1.165, 1.54) is 0 Å². The van der Waals surface area contributed by atoms with Crippen LogP contribution in [0.25, 0.3) is 0 Å². The number of ether oxygens (including phenoxy) is 1. The zero-order valence-corrected chi connectivity index (χ0v) is 11.4. The van der Waals surface area contributed by atoms with E-state index >= 15 is 0 Å². The van der Waals surface area contributed by atoms with Gasteiger partial charge in [0.2, 0.25) is 0 Å². The minimum absolute atomic E-state index is 0.237. The van der Waals surface area contributed by atoms with Crippen molar-refractivity contribution in [2.75, 3.05) is 32.8 Å². The summed E-state index contributed by atoms with van der Waals surface area (Å²) in [5.41, 5.74) is 5.59. The van der Waals surface area contributed by atoms with Gasteiger partial charge < -0.3 is 15.4 Å². The van der Waals surface area contributed by atoms with Gasteiger partial charge in [-0.3, -0.25) is 9.69 Å². The van der Waals surface area contributed by atoms with Gasteiger partial charge in [-0.1, -0.05) is 0 Å². The van der Waals surface area contributed by atoms with E-state index in [9.17, 15) is 9.59 Å². The maximum atomic E-state index is 12.0. The van der Waals surface area contributed by atoms with Crippen molar-refractivity contribution >= 4 is 11.9 Å². The Labute approximate surface area is 108 Å². The number of piperazine rings is 1. The van der Waals surface area contributed by atoms with Gasteiger partial charge in [0.05, 0.1) is 6.61 Å². The van der Waals surface area contributed by atoms with Crippen LogP contribution in [0.2, 0.25) is 0 Å². The first-order valence-electron chi connectivity index (χ1n) is 6.42. The van der Waals surface area contributed by atoms with E-state index in [0.29, 0.717) is 19.1 Å². The van der Waals surface area contributed by atoms with Gasteiger partial charge in [-0.25, -0.2) is 4.79 Å². The molecular weight excluding hydrogens is 234 g/mol. The van der Waals surface area contributed by atoms with Crippen LogP contribution in [0.1, 0.15) is 20.8 Å². The summed E-state index contributed by atoms with van der Waals surface area (Å²) in [6, 6.07) is -0.712. The van der Waals surface area contributed by atoms with E-state index in [1.54, 1.807) is 11.8 Å². The van der Waals surface area contributed by atoms with Crippen LogP contribution >= 0.6 is 0 Å². The Kier molecular flexibility index (Phi) is 5.55. The number of amides is 1. The van der Waals surface area contributed by atoms with Gasteiger partial charge in [0.15, 0.2) is 6.04 Å². The van der Waals surface area contributed by atoms with Crippen LogP contribution in [-0.2, 0) is 14.3 Å². The highest BCUT2D eigenvalue weighted by Gasteiger charge is 2.30. The maximum Gasteiger partial charge on any atom is 0.332 e. The molecule has 18 heavy (non-hydrogen) atoms. The molecule has 104 valence electrons. The molecule has 6 nitrogen and oxygen atoms in total. The summed E-state index contributed by atoms with van der Waals surface area (Å²) >= 11 is 0. The van der Waals surface area contributed by atoms with Gasteiger partial charge in [0.1, 0.15) is 0 Å². The molecule has 0 spiro atoms. The SMILES string of the molecule is CCOC(=O)C(N)C(=O)N1CCN(C(C)C)CC1. The molecule has 1 heterocycles. The third-order valence-corrected chi connectivity index (χ3v) is 3.16. The van der Waals surface area contributed by atoms with Crippen molar-refractivity contribution < 1.29 is 14.3 Å². The number of esters is 1. The minimum Gasteiger partial charge on any atom is -0.464 e. The molecule has 1 aliphatic heterocycles. The Morgan fingerprint density at radius 2 is 1.78 bits per heavy atom. The first-order valence-corrected chi connectivity index (χ1v) is 6.42. The Morgan fingerprint density at radius 1 is 1.22 bits per heavy atom. The predicted octanol–water partition coefficient (Wildman–Crippen LogP) is -0.571. The van der Waals surface area contributed by atoms with Gasteiger partial charge >= 0.3 is 5.97 Å². The highest BCUT2D eigenvalue weighted by Crippen LogP contribution is 2.07. The maximum absolute atomic E-state index is 12.0. The van der Waals surface area contributed by atoms with Gasteiger partial charge in [0.25, 0.3) is 5.91 Å². The summed E-state index contributed by atoms with van der Waals surface area (Å²) in [4.78, 5) is 27.3. The van der Waals surface area contributed by atoms with Crippen molar-refractivity contribution in [3.63, 3.8) is 0 Å². The quantitative estimate of drug-likeness (QED) is 0.539. The molecule has 1 unspecified atom stereocenters. The van der Waals surface area contributed by atoms with Crippen LogP contribution < -0.4 is 5.73 Å². The molecule has 0 radical (unpaired) electrons. The molecule has 0 aromatic carbocycles. The first kappa shape index (κ1) is 14.9. The lowest BCUT2D eigenvalue weighted by Crippen LogP contribution is -2.56. The number of carbonyl (C=O) groups excluding carboxylic acids is 2. The van der Waals surface area contributed by atoms with Crippen LogP contribution in [0, 0.1) is 0 Å². The molecular formula is C12H23N3O3. The van der Waals surface area contributed by atoms with Crippen molar-refractivity contribution in [3.8, 4) is 0 Å². The van der Waals surface area contributed by atoms with Crippen LogP contribution in [0.5, 0.6) is 0 Å². The Hall–Kier alpha value is -1.14. The monoisotopic (exact) mass is 257 g/mol. The lowest BCUT2D eigenvalue weighted by molar-refractivity contribution is -0.151. The van der Waals surface area contributed by atoms with Crippen LogP contribution in [0.4, 0.5) is 0 Å². The lowest BCUT2D eigenvalue weighted by atomic mass is 10.2. The normalized spacial score (nSPS) is 18.8. The Morgan fingerprint density at radius 3 is 2.22 bits per heavy atom. The van der Waals surface area contributed by atoms with E-state index in [-0.39, 0.29) is 12.5 Å². The van der Waals surface area contributed by atoms with Gasteiger partial charge in [-0.15, -0.1) is 0 Å². The zero-order valence-electron chi connectivity index (χ0n) is 11.4. The highest BCUT2D eigenvalue weighted by atomic mass is 16.5. The number of nitrogens with zero attached hydrogens (tertiary/aromatic N) is 2. The molecule has 6 heteroatoms. The van der Waals surface area contributed by atoms with E-state index in [2.05, 4.69) is 18.7 Å². The summed E-state index contributed by atoms with van der Waals surface area (Å²) in [5, 5.41) is 0. The number of hydrogen-bond acceptors (Lipinski definition) is 5. The third-order valence-electron chi connectivity index (χ3n) is 3.16. The third kappa shape index (κ3) is 3.68. The van der Waals surface area contributed by atoms with Crippen LogP contribution in [0.3, 0.4) is 0 Å². The molecule has 1 atom stereocenters. The van der Waals surface area contributed by atoms with Gasteiger partial charge in [-0.05, 0) is 20.8 Å². The second-order valence-corrected chi connectivity index (χ2v) is 4.68. The first-order chi connectivity index (χ1) is 8.47. The molecule has 0 saturated carbocycles. The van der Waals surface area contributed by atoms with E-state index in [4.69, 9.17) is 10.5 Å². The molecule has 0 aromatic heterocycles. The Balaban J connectivity index is 2.47. The molecule has 1 rings (SSSR count). The second kappa shape index (κ2) is 6.70. The summed E-state index contributed by atoms with van der Waals surface area (Å²) < 4.78 is 4.75. The number of carbonyl (C=O) groups is 2.